The minimum Gasteiger partial charge on any atom is -0.495 e. The fourth-order valence-electron chi connectivity index (χ4n) is 4.46. The summed E-state index contributed by atoms with van der Waals surface area (Å²) in [5.74, 6) is 3.37. The van der Waals surface area contributed by atoms with Crippen LogP contribution in [0.3, 0.4) is 0 Å². The van der Waals surface area contributed by atoms with E-state index in [9.17, 15) is 0 Å². The molecule has 0 N–H and O–H groups in total. The van der Waals surface area contributed by atoms with Gasteiger partial charge in [-0.2, -0.15) is 0 Å². The Morgan fingerprint density at radius 2 is 1.89 bits per heavy atom. The molecule has 0 aliphatic heterocycles. The lowest BCUT2D eigenvalue weighted by Gasteiger charge is -2.20. The second-order valence-corrected chi connectivity index (χ2v) is 8.52. The number of hydrogen-bond donors (Lipinski definition) is 0. The van der Waals surface area contributed by atoms with E-state index in [0.29, 0.717) is 16.8 Å². The van der Waals surface area contributed by atoms with E-state index in [1.807, 2.05) is 12.1 Å². The van der Waals surface area contributed by atoms with Crippen molar-refractivity contribution >= 4 is 22.8 Å². The second kappa shape index (κ2) is 6.73. The molecule has 1 aromatic carbocycles. The highest BCUT2D eigenvalue weighted by atomic mass is 35.5. The molecule has 0 spiro atoms. The van der Waals surface area contributed by atoms with Crippen molar-refractivity contribution in [2.45, 2.75) is 52.0 Å². The molecule has 2 aliphatic rings. The topological polar surface area (TPSA) is 52.8 Å². The summed E-state index contributed by atoms with van der Waals surface area (Å²) in [4.78, 5) is 14.3. The highest BCUT2D eigenvalue weighted by molar-refractivity contribution is 6.32. The number of methoxy groups -OCH3 is 1. The normalized spacial score (nSPS) is 16.9. The van der Waals surface area contributed by atoms with Gasteiger partial charge in [0, 0.05) is 18.0 Å². The molecule has 0 amide bonds. The van der Waals surface area contributed by atoms with Crippen molar-refractivity contribution in [2.75, 3.05) is 7.11 Å². The quantitative estimate of drug-likeness (QED) is 0.560. The van der Waals surface area contributed by atoms with E-state index in [2.05, 4.69) is 23.4 Å². The molecule has 0 saturated heterocycles. The van der Waals surface area contributed by atoms with Crippen LogP contribution in [0.1, 0.15) is 50.0 Å². The standard InChI is InChI=1S/C22H25ClN4O/c1-4-18-26-20-19(15-10-16(23)17(28-3)9-12(15)2)24-11-25-22(20)27(18)21(13-5-6-13)14-7-8-14/h9-11,13-14,21H,4-8H2,1-3H3. The van der Waals surface area contributed by atoms with Gasteiger partial charge in [-0.25, -0.2) is 15.0 Å². The van der Waals surface area contributed by atoms with Crippen molar-refractivity contribution in [3.63, 3.8) is 0 Å². The van der Waals surface area contributed by atoms with Crippen molar-refractivity contribution in [3.8, 4) is 17.0 Å². The van der Waals surface area contributed by atoms with E-state index < -0.39 is 0 Å². The highest BCUT2D eigenvalue weighted by Gasteiger charge is 2.44. The number of rotatable bonds is 6. The number of hydrogen-bond acceptors (Lipinski definition) is 4. The number of benzene rings is 1. The van der Waals surface area contributed by atoms with Gasteiger partial charge in [-0.05, 0) is 62.1 Å². The van der Waals surface area contributed by atoms with Gasteiger partial charge in [0.2, 0.25) is 0 Å². The predicted octanol–water partition coefficient (Wildman–Crippen LogP) is 5.39. The van der Waals surface area contributed by atoms with Crippen LogP contribution in [0.15, 0.2) is 18.5 Å². The van der Waals surface area contributed by atoms with E-state index in [0.717, 1.165) is 52.1 Å². The molecule has 0 bridgehead atoms. The van der Waals surface area contributed by atoms with Crippen molar-refractivity contribution in [1.29, 1.82) is 0 Å². The molecule has 2 fully saturated rings. The van der Waals surface area contributed by atoms with Gasteiger partial charge >= 0.3 is 0 Å². The van der Waals surface area contributed by atoms with E-state index in [-0.39, 0.29) is 0 Å². The first-order valence-electron chi connectivity index (χ1n) is 10.2. The first-order valence-corrected chi connectivity index (χ1v) is 10.6. The van der Waals surface area contributed by atoms with Crippen molar-refractivity contribution in [1.82, 2.24) is 19.5 Å². The number of fused-ring (bicyclic) bond motifs is 1. The van der Waals surface area contributed by atoms with Crippen LogP contribution in [-0.4, -0.2) is 26.6 Å². The Morgan fingerprint density at radius 1 is 1.18 bits per heavy atom. The van der Waals surface area contributed by atoms with Crippen LogP contribution in [0.5, 0.6) is 5.75 Å². The lowest BCUT2D eigenvalue weighted by Crippen LogP contribution is -2.16. The van der Waals surface area contributed by atoms with Gasteiger partial charge in [0.05, 0.1) is 12.1 Å². The summed E-state index contributed by atoms with van der Waals surface area (Å²) in [5.41, 5.74) is 4.76. The molecule has 146 valence electrons. The Labute approximate surface area is 170 Å². The second-order valence-electron chi connectivity index (χ2n) is 8.11. The van der Waals surface area contributed by atoms with Gasteiger partial charge in [-0.3, -0.25) is 0 Å². The van der Waals surface area contributed by atoms with Crippen molar-refractivity contribution in [3.05, 3.63) is 34.9 Å². The molecule has 0 atom stereocenters. The van der Waals surface area contributed by atoms with Crippen LogP contribution in [0, 0.1) is 18.8 Å². The molecule has 5 rings (SSSR count). The van der Waals surface area contributed by atoms with E-state index in [1.165, 1.54) is 25.7 Å². The summed E-state index contributed by atoms with van der Waals surface area (Å²) in [6.07, 6.45) is 7.88. The SMILES string of the molecule is CCc1nc2c(-c3cc(Cl)c(OC)cc3C)ncnc2n1C(C1CC1)C1CC1. The zero-order valence-corrected chi connectivity index (χ0v) is 17.3. The van der Waals surface area contributed by atoms with Crippen molar-refractivity contribution < 1.29 is 4.74 Å². The average molecular weight is 397 g/mol. The summed E-state index contributed by atoms with van der Waals surface area (Å²) >= 11 is 6.42. The molecule has 2 heterocycles. The lowest BCUT2D eigenvalue weighted by atomic mass is 10.0. The fraction of sp³-hybridized carbons (Fsp3) is 0.500. The van der Waals surface area contributed by atoms with Crippen LogP contribution in [0.25, 0.3) is 22.4 Å². The monoisotopic (exact) mass is 396 g/mol. The van der Waals surface area contributed by atoms with E-state index in [1.54, 1.807) is 13.4 Å². The third-order valence-electron chi connectivity index (χ3n) is 6.13. The maximum Gasteiger partial charge on any atom is 0.164 e. The maximum atomic E-state index is 6.42. The molecule has 3 aromatic rings. The van der Waals surface area contributed by atoms with Crippen molar-refractivity contribution in [2.24, 2.45) is 11.8 Å². The van der Waals surface area contributed by atoms with E-state index >= 15 is 0 Å². The summed E-state index contributed by atoms with van der Waals surface area (Å²) in [6.45, 7) is 4.23. The van der Waals surface area contributed by atoms with Gasteiger partial charge < -0.3 is 9.30 Å². The van der Waals surface area contributed by atoms with Gasteiger partial charge in [0.15, 0.2) is 5.65 Å². The van der Waals surface area contributed by atoms with E-state index in [4.69, 9.17) is 26.3 Å². The van der Waals surface area contributed by atoms with Gasteiger partial charge in [-0.15, -0.1) is 0 Å². The molecule has 2 aliphatic carbocycles. The number of imidazole rings is 1. The summed E-state index contributed by atoms with van der Waals surface area (Å²) < 4.78 is 7.80. The van der Waals surface area contributed by atoms with Crippen LogP contribution in [-0.2, 0) is 6.42 Å². The number of aromatic nitrogens is 4. The smallest absolute Gasteiger partial charge is 0.164 e. The summed E-state index contributed by atoms with van der Waals surface area (Å²) in [7, 11) is 1.63. The zero-order chi connectivity index (χ0) is 19.4. The Kier molecular flexibility index (Phi) is 4.31. The number of ether oxygens (including phenoxy) is 1. The molecule has 2 aromatic heterocycles. The molecule has 28 heavy (non-hydrogen) atoms. The number of halogens is 1. The lowest BCUT2D eigenvalue weighted by molar-refractivity contribution is 0.391. The molecule has 6 heteroatoms. The minimum atomic E-state index is 0.545. The van der Waals surface area contributed by atoms with Crippen LogP contribution in [0.4, 0.5) is 0 Å². The Hall–Kier alpha value is -2.14. The molecule has 5 nitrogen and oxygen atoms in total. The summed E-state index contributed by atoms with van der Waals surface area (Å²) in [5, 5.41) is 0.582. The molecular formula is C22H25ClN4O. The van der Waals surface area contributed by atoms with Crippen LogP contribution in [0.2, 0.25) is 5.02 Å². The predicted molar refractivity (Wildman–Crippen MR) is 111 cm³/mol. The number of aryl methyl sites for hydroxylation is 2. The summed E-state index contributed by atoms with van der Waals surface area (Å²) in [6, 6.07) is 4.44. The molecule has 0 radical (unpaired) electrons. The Bertz CT molecular complexity index is 1040. The fourth-order valence-corrected chi connectivity index (χ4v) is 4.70. The third kappa shape index (κ3) is 2.87. The first-order chi connectivity index (χ1) is 13.6. The molecular weight excluding hydrogens is 372 g/mol. The Balaban J connectivity index is 1.71. The third-order valence-corrected chi connectivity index (χ3v) is 6.42. The number of nitrogens with zero attached hydrogens (tertiary/aromatic N) is 4. The largest absolute Gasteiger partial charge is 0.495 e. The maximum absolute atomic E-state index is 6.42. The van der Waals surface area contributed by atoms with Crippen LogP contribution >= 0.6 is 11.6 Å². The van der Waals surface area contributed by atoms with Gasteiger partial charge in [0.1, 0.15) is 29.1 Å². The zero-order valence-electron chi connectivity index (χ0n) is 16.6. The molecule has 0 unspecified atom stereocenters. The van der Waals surface area contributed by atoms with Crippen LogP contribution < -0.4 is 4.74 Å². The average Bonchev–Trinajstić information content (AvgIpc) is 3.62. The minimum absolute atomic E-state index is 0.545. The molecule has 2 saturated carbocycles. The highest BCUT2D eigenvalue weighted by Crippen LogP contribution is 2.53. The van der Waals surface area contributed by atoms with Gasteiger partial charge in [-0.1, -0.05) is 18.5 Å². The van der Waals surface area contributed by atoms with Gasteiger partial charge in [0.25, 0.3) is 0 Å². The first kappa shape index (κ1) is 17.9. The Morgan fingerprint density at radius 3 is 2.50 bits per heavy atom.